The summed E-state index contributed by atoms with van der Waals surface area (Å²) in [4.78, 5) is 12.5. The summed E-state index contributed by atoms with van der Waals surface area (Å²) in [5, 5.41) is 6.18. The number of ether oxygens (including phenoxy) is 2. The van der Waals surface area contributed by atoms with E-state index in [1.54, 1.807) is 32.4 Å². The van der Waals surface area contributed by atoms with Gasteiger partial charge in [-0.1, -0.05) is 6.07 Å². The fourth-order valence-electron chi connectivity index (χ4n) is 3.14. The minimum Gasteiger partial charge on any atom is -0.493 e. The molecule has 2 aromatic rings. The zero-order valence-corrected chi connectivity index (χ0v) is 14.9. The van der Waals surface area contributed by atoms with Crippen molar-refractivity contribution in [1.82, 2.24) is 0 Å². The molecule has 0 spiro atoms. The Morgan fingerprint density at radius 2 is 1.68 bits per heavy atom. The third kappa shape index (κ3) is 3.87. The number of rotatable bonds is 6. The van der Waals surface area contributed by atoms with E-state index in [1.165, 1.54) is 17.5 Å². The normalized spacial score (nSPS) is 13.7. The Morgan fingerprint density at radius 1 is 0.960 bits per heavy atom. The zero-order valence-electron chi connectivity index (χ0n) is 14.9. The Balaban J connectivity index is 1.64. The maximum absolute atomic E-state index is 12.5. The topological polar surface area (TPSA) is 59.6 Å². The first-order chi connectivity index (χ1) is 12.1. The Kier molecular flexibility index (Phi) is 5.12. The van der Waals surface area contributed by atoms with Gasteiger partial charge in [0, 0.05) is 17.4 Å². The van der Waals surface area contributed by atoms with Crippen LogP contribution in [0.5, 0.6) is 11.5 Å². The van der Waals surface area contributed by atoms with Crippen LogP contribution < -0.4 is 20.1 Å². The van der Waals surface area contributed by atoms with Gasteiger partial charge in [0.25, 0.3) is 0 Å². The Bertz CT molecular complexity index is 774. The van der Waals surface area contributed by atoms with Gasteiger partial charge in [-0.3, -0.25) is 4.79 Å². The molecule has 0 bridgehead atoms. The molecule has 0 saturated heterocycles. The molecule has 0 saturated carbocycles. The van der Waals surface area contributed by atoms with Crippen LogP contribution in [-0.2, 0) is 17.6 Å². The monoisotopic (exact) mass is 340 g/mol. The molecule has 2 aromatic carbocycles. The van der Waals surface area contributed by atoms with Crippen molar-refractivity contribution in [3.05, 3.63) is 47.5 Å². The zero-order chi connectivity index (χ0) is 17.8. The van der Waals surface area contributed by atoms with E-state index in [9.17, 15) is 4.79 Å². The van der Waals surface area contributed by atoms with Gasteiger partial charge in [0.1, 0.15) is 6.04 Å². The van der Waals surface area contributed by atoms with E-state index in [4.69, 9.17) is 9.47 Å². The first-order valence-electron chi connectivity index (χ1n) is 8.52. The standard InChI is InChI=1S/C20H24N2O3/c1-13(21-16-8-7-14-5-4-6-15(14)11-16)20(23)22-17-9-10-18(24-2)19(12-17)25-3/h7-13,21H,4-6H2,1-3H3,(H,22,23). The van der Waals surface area contributed by atoms with Crippen LogP contribution in [-0.4, -0.2) is 26.2 Å². The van der Waals surface area contributed by atoms with Gasteiger partial charge in [-0.05, 0) is 61.6 Å². The number of amides is 1. The van der Waals surface area contributed by atoms with Crippen molar-refractivity contribution in [3.63, 3.8) is 0 Å². The summed E-state index contributed by atoms with van der Waals surface area (Å²) in [5.74, 6) is 1.11. The van der Waals surface area contributed by atoms with Crippen LogP contribution in [0, 0.1) is 0 Å². The third-order valence-electron chi connectivity index (χ3n) is 4.53. The summed E-state index contributed by atoms with van der Waals surface area (Å²) in [6.45, 7) is 1.85. The van der Waals surface area contributed by atoms with Crippen molar-refractivity contribution in [2.45, 2.75) is 32.2 Å². The molecular weight excluding hydrogens is 316 g/mol. The molecule has 1 atom stereocenters. The first-order valence-corrected chi connectivity index (χ1v) is 8.52. The summed E-state index contributed by atoms with van der Waals surface area (Å²) in [6, 6.07) is 11.3. The number of fused-ring (bicyclic) bond motifs is 1. The van der Waals surface area contributed by atoms with E-state index in [0.717, 1.165) is 18.5 Å². The molecule has 5 nitrogen and oxygen atoms in total. The quantitative estimate of drug-likeness (QED) is 0.843. The van der Waals surface area contributed by atoms with Gasteiger partial charge in [0.15, 0.2) is 11.5 Å². The molecule has 3 rings (SSSR count). The molecule has 1 aliphatic carbocycles. The Labute approximate surface area is 148 Å². The Morgan fingerprint density at radius 3 is 2.44 bits per heavy atom. The third-order valence-corrected chi connectivity index (χ3v) is 4.53. The molecule has 0 heterocycles. The maximum Gasteiger partial charge on any atom is 0.246 e. The van der Waals surface area contributed by atoms with Crippen molar-refractivity contribution in [2.75, 3.05) is 24.9 Å². The predicted octanol–water partition coefficient (Wildman–Crippen LogP) is 3.63. The van der Waals surface area contributed by atoms with Crippen molar-refractivity contribution in [1.29, 1.82) is 0 Å². The minimum atomic E-state index is -0.354. The van der Waals surface area contributed by atoms with Gasteiger partial charge in [-0.15, -0.1) is 0 Å². The average Bonchev–Trinajstić information content (AvgIpc) is 3.09. The summed E-state index contributed by atoms with van der Waals surface area (Å²) >= 11 is 0. The molecule has 0 aromatic heterocycles. The minimum absolute atomic E-state index is 0.104. The second-order valence-corrected chi connectivity index (χ2v) is 6.26. The van der Waals surface area contributed by atoms with Crippen LogP contribution in [0.15, 0.2) is 36.4 Å². The highest BCUT2D eigenvalue weighted by atomic mass is 16.5. The molecule has 1 aliphatic rings. The van der Waals surface area contributed by atoms with Gasteiger partial charge in [-0.2, -0.15) is 0 Å². The number of carbonyl (C=O) groups excluding carboxylic acids is 1. The van der Waals surface area contributed by atoms with E-state index in [-0.39, 0.29) is 11.9 Å². The number of hydrogen-bond acceptors (Lipinski definition) is 4. The highest BCUT2D eigenvalue weighted by Crippen LogP contribution is 2.30. The highest BCUT2D eigenvalue weighted by molar-refractivity contribution is 5.96. The van der Waals surface area contributed by atoms with E-state index < -0.39 is 0 Å². The lowest BCUT2D eigenvalue weighted by atomic mass is 10.1. The Hall–Kier alpha value is -2.69. The molecule has 132 valence electrons. The van der Waals surface area contributed by atoms with E-state index >= 15 is 0 Å². The molecule has 0 fully saturated rings. The SMILES string of the molecule is COc1ccc(NC(=O)C(C)Nc2ccc3c(c2)CCC3)cc1OC. The van der Waals surface area contributed by atoms with E-state index in [2.05, 4.69) is 22.8 Å². The van der Waals surface area contributed by atoms with Gasteiger partial charge >= 0.3 is 0 Å². The molecular formula is C20H24N2O3. The fraction of sp³-hybridized carbons (Fsp3) is 0.350. The van der Waals surface area contributed by atoms with Crippen molar-refractivity contribution in [3.8, 4) is 11.5 Å². The van der Waals surface area contributed by atoms with Gasteiger partial charge in [0.05, 0.1) is 14.2 Å². The molecule has 0 aliphatic heterocycles. The van der Waals surface area contributed by atoms with E-state index in [1.807, 2.05) is 13.0 Å². The fourth-order valence-corrected chi connectivity index (χ4v) is 3.14. The molecule has 0 radical (unpaired) electrons. The number of anilines is 2. The number of benzene rings is 2. The lowest BCUT2D eigenvalue weighted by Crippen LogP contribution is -2.31. The maximum atomic E-state index is 12.5. The smallest absolute Gasteiger partial charge is 0.246 e. The molecule has 1 amide bonds. The predicted molar refractivity (Wildman–Crippen MR) is 99.7 cm³/mol. The number of hydrogen-bond donors (Lipinski definition) is 2. The van der Waals surface area contributed by atoms with Gasteiger partial charge in [0.2, 0.25) is 5.91 Å². The molecule has 1 unspecified atom stereocenters. The van der Waals surface area contributed by atoms with Crippen LogP contribution in [0.25, 0.3) is 0 Å². The number of carbonyl (C=O) groups is 1. The molecule has 25 heavy (non-hydrogen) atoms. The number of methoxy groups -OCH3 is 2. The van der Waals surface area contributed by atoms with Crippen LogP contribution >= 0.6 is 0 Å². The molecule has 2 N–H and O–H groups in total. The average molecular weight is 340 g/mol. The van der Waals surface area contributed by atoms with Crippen LogP contribution in [0.1, 0.15) is 24.5 Å². The van der Waals surface area contributed by atoms with Crippen LogP contribution in [0.4, 0.5) is 11.4 Å². The number of nitrogens with one attached hydrogen (secondary N) is 2. The van der Waals surface area contributed by atoms with Crippen molar-refractivity contribution < 1.29 is 14.3 Å². The van der Waals surface area contributed by atoms with Crippen molar-refractivity contribution in [2.24, 2.45) is 0 Å². The number of aryl methyl sites for hydroxylation is 2. The summed E-state index contributed by atoms with van der Waals surface area (Å²) in [5.41, 5.74) is 4.46. The second-order valence-electron chi connectivity index (χ2n) is 6.26. The second kappa shape index (κ2) is 7.47. The van der Waals surface area contributed by atoms with E-state index in [0.29, 0.717) is 17.2 Å². The first kappa shape index (κ1) is 17.1. The van der Waals surface area contributed by atoms with Crippen molar-refractivity contribution >= 4 is 17.3 Å². The lowest BCUT2D eigenvalue weighted by molar-refractivity contribution is -0.116. The summed E-state index contributed by atoms with van der Waals surface area (Å²) < 4.78 is 10.5. The van der Waals surface area contributed by atoms with Gasteiger partial charge < -0.3 is 20.1 Å². The summed E-state index contributed by atoms with van der Waals surface area (Å²) in [7, 11) is 3.15. The van der Waals surface area contributed by atoms with Crippen LogP contribution in [0.3, 0.4) is 0 Å². The lowest BCUT2D eigenvalue weighted by Gasteiger charge is -2.17. The summed E-state index contributed by atoms with van der Waals surface area (Å²) in [6.07, 6.45) is 3.50. The molecule has 5 heteroatoms. The largest absolute Gasteiger partial charge is 0.493 e. The highest BCUT2D eigenvalue weighted by Gasteiger charge is 2.16. The van der Waals surface area contributed by atoms with Gasteiger partial charge in [-0.25, -0.2) is 0 Å². The van der Waals surface area contributed by atoms with Crippen LogP contribution in [0.2, 0.25) is 0 Å².